The summed E-state index contributed by atoms with van der Waals surface area (Å²) in [7, 11) is 2.02. The van der Waals surface area contributed by atoms with Crippen molar-refractivity contribution < 1.29 is 9.53 Å². The van der Waals surface area contributed by atoms with Crippen LogP contribution in [0.4, 0.5) is 0 Å². The minimum Gasteiger partial charge on any atom is -0.484 e. The minimum absolute atomic E-state index is 0.00603. The Labute approximate surface area is 151 Å². The van der Waals surface area contributed by atoms with Gasteiger partial charge in [-0.1, -0.05) is 23.7 Å². The summed E-state index contributed by atoms with van der Waals surface area (Å²) in [5.41, 5.74) is 2.12. The molecule has 2 aromatic carbocycles. The maximum atomic E-state index is 11.8. The molecule has 1 heterocycles. The van der Waals surface area contributed by atoms with E-state index in [1.807, 2.05) is 25.2 Å². The Morgan fingerprint density at radius 1 is 1.20 bits per heavy atom. The molecule has 0 atom stereocenters. The molecule has 3 aromatic rings. The number of rotatable bonds is 7. The molecule has 0 radical (unpaired) electrons. The zero-order valence-electron chi connectivity index (χ0n) is 14.0. The molecule has 3 rings (SSSR count). The van der Waals surface area contributed by atoms with Gasteiger partial charge in [-0.2, -0.15) is 0 Å². The Hall–Kier alpha value is -2.53. The van der Waals surface area contributed by atoms with Gasteiger partial charge in [0.25, 0.3) is 5.91 Å². The predicted octanol–water partition coefficient (Wildman–Crippen LogP) is 3.35. The molecule has 1 aromatic heterocycles. The van der Waals surface area contributed by atoms with Gasteiger partial charge in [0.2, 0.25) is 0 Å². The lowest BCUT2D eigenvalue weighted by molar-refractivity contribution is -0.123. The number of amides is 1. The van der Waals surface area contributed by atoms with E-state index in [4.69, 9.17) is 16.3 Å². The number of fused-ring (bicyclic) bond motifs is 1. The Bertz CT molecular complexity index is 859. The highest BCUT2D eigenvalue weighted by molar-refractivity contribution is 6.30. The first-order chi connectivity index (χ1) is 12.1. The Balaban J connectivity index is 1.41. The SMILES string of the molecule is Cn1c(CCCNC(=O)COc2ccc(Cl)cc2)nc2ccccc21. The van der Waals surface area contributed by atoms with Crippen LogP contribution in [-0.2, 0) is 18.3 Å². The van der Waals surface area contributed by atoms with Gasteiger partial charge in [0.15, 0.2) is 6.61 Å². The van der Waals surface area contributed by atoms with Crippen molar-refractivity contribution in [2.24, 2.45) is 7.05 Å². The van der Waals surface area contributed by atoms with Crippen molar-refractivity contribution >= 4 is 28.5 Å². The highest BCUT2D eigenvalue weighted by atomic mass is 35.5. The second-order valence-electron chi connectivity index (χ2n) is 5.77. The third kappa shape index (κ3) is 4.51. The van der Waals surface area contributed by atoms with Crippen molar-refractivity contribution in [2.45, 2.75) is 12.8 Å². The number of hydrogen-bond acceptors (Lipinski definition) is 3. The first-order valence-corrected chi connectivity index (χ1v) is 8.56. The van der Waals surface area contributed by atoms with Gasteiger partial charge < -0.3 is 14.6 Å². The Morgan fingerprint density at radius 3 is 2.72 bits per heavy atom. The van der Waals surface area contributed by atoms with E-state index in [1.165, 1.54) is 0 Å². The van der Waals surface area contributed by atoms with Crippen molar-refractivity contribution in [3.05, 3.63) is 59.4 Å². The number of aryl methyl sites for hydroxylation is 2. The number of nitrogens with one attached hydrogen (secondary N) is 1. The first kappa shape index (κ1) is 17.3. The summed E-state index contributed by atoms with van der Waals surface area (Å²) in [6.07, 6.45) is 1.63. The fourth-order valence-corrected chi connectivity index (χ4v) is 2.75. The smallest absolute Gasteiger partial charge is 0.257 e. The molecule has 1 amide bonds. The van der Waals surface area contributed by atoms with Crippen LogP contribution in [0.25, 0.3) is 11.0 Å². The van der Waals surface area contributed by atoms with Gasteiger partial charge >= 0.3 is 0 Å². The van der Waals surface area contributed by atoms with E-state index in [0.717, 1.165) is 29.7 Å². The van der Waals surface area contributed by atoms with Crippen LogP contribution in [0.3, 0.4) is 0 Å². The largest absolute Gasteiger partial charge is 0.484 e. The summed E-state index contributed by atoms with van der Waals surface area (Å²) < 4.78 is 7.51. The van der Waals surface area contributed by atoms with Crippen LogP contribution >= 0.6 is 11.6 Å². The summed E-state index contributed by atoms with van der Waals surface area (Å²) in [5, 5.41) is 3.50. The molecule has 0 aliphatic rings. The molecule has 130 valence electrons. The molecule has 6 heteroatoms. The number of halogens is 1. The van der Waals surface area contributed by atoms with Gasteiger partial charge in [-0.15, -0.1) is 0 Å². The molecule has 0 spiro atoms. The van der Waals surface area contributed by atoms with Crippen LogP contribution < -0.4 is 10.1 Å². The molecule has 0 saturated heterocycles. The number of carbonyl (C=O) groups is 1. The van der Waals surface area contributed by atoms with Crippen LogP contribution in [0.5, 0.6) is 5.75 Å². The normalized spacial score (nSPS) is 10.8. The molecule has 0 aliphatic carbocycles. The lowest BCUT2D eigenvalue weighted by Crippen LogP contribution is -2.30. The fraction of sp³-hybridized carbons (Fsp3) is 0.263. The second kappa shape index (κ2) is 8.03. The van der Waals surface area contributed by atoms with Gasteiger partial charge in [0, 0.05) is 25.0 Å². The third-order valence-electron chi connectivity index (χ3n) is 3.96. The minimum atomic E-state index is -0.139. The standard InChI is InChI=1S/C19H20ClN3O2/c1-23-17-6-3-2-5-16(17)22-18(23)7-4-12-21-19(24)13-25-15-10-8-14(20)9-11-15/h2-3,5-6,8-11H,4,7,12-13H2,1H3,(H,21,24). The van der Waals surface area contributed by atoms with Crippen LogP contribution in [-0.4, -0.2) is 28.6 Å². The summed E-state index contributed by atoms with van der Waals surface area (Å²) >= 11 is 5.80. The number of hydrogen-bond donors (Lipinski definition) is 1. The molecule has 25 heavy (non-hydrogen) atoms. The summed E-state index contributed by atoms with van der Waals surface area (Å²) in [5.74, 6) is 1.51. The van der Waals surface area contributed by atoms with Crippen molar-refractivity contribution in [1.29, 1.82) is 0 Å². The number of nitrogens with zero attached hydrogens (tertiary/aromatic N) is 2. The number of aromatic nitrogens is 2. The highest BCUT2D eigenvalue weighted by Crippen LogP contribution is 2.16. The predicted molar refractivity (Wildman–Crippen MR) is 99.0 cm³/mol. The average Bonchev–Trinajstić information content (AvgIpc) is 2.94. The number of imidazole rings is 1. The van der Waals surface area contributed by atoms with Gasteiger partial charge in [0.05, 0.1) is 11.0 Å². The van der Waals surface area contributed by atoms with E-state index in [0.29, 0.717) is 17.3 Å². The van der Waals surface area contributed by atoms with Crippen molar-refractivity contribution in [3.63, 3.8) is 0 Å². The molecule has 0 bridgehead atoms. The second-order valence-corrected chi connectivity index (χ2v) is 6.21. The zero-order chi connectivity index (χ0) is 17.6. The first-order valence-electron chi connectivity index (χ1n) is 8.19. The molecule has 0 fully saturated rings. The van der Waals surface area contributed by atoms with E-state index < -0.39 is 0 Å². The Morgan fingerprint density at radius 2 is 1.96 bits per heavy atom. The fourth-order valence-electron chi connectivity index (χ4n) is 2.62. The van der Waals surface area contributed by atoms with E-state index in [9.17, 15) is 4.79 Å². The molecule has 5 nitrogen and oxygen atoms in total. The van der Waals surface area contributed by atoms with Crippen molar-refractivity contribution in [3.8, 4) is 5.75 Å². The van der Waals surface area contributed by atoms with Gasteiger partial charge in [-0.25, -0.2) is 4.98 Å². The van der Waals surface area contributed by atoms with E-state index in [2.05, 4.69) is 20.9 Å². The topological polar surface area (TPSA) is 56.2 Å². The quantitative estimate of drug-likeness (QED) is 0.660. The van der Waals surface area contributed by atoms with E-state index in [-0.39, 0.29) is 12.5 Å². The molecule has 0 saturated carbocycles. The third-order valence-corrected chi connectivity index (χ3v) is 4.21. The Kier molecular flexibility index (Phi) is 5.56. The molecular formula is C19H20ClN3O2. The number of ether oxygens (including phenoxy) is 1. The van der Waals surface area contributed by atoms with Gasteiger partial charge in [0.1, 0.15) is 11.6 Å². The van der Waals surface area contributed by atoms with Crippen LogP contribution in [0.2, 0.25) is 5.02 Å². The zero-order valence-corrected chi connectivity index (χ0v) is 14.8. The molecule has 0 aliphatic heterocycles. The molecule has 1 N–H and O–H groups in total. The summed E-state index contributed by atoms with van der Waals surface area (Å²) in [4.78, 5) is 16.4. The van der Waals surface area contributed by atoms with Crippen LogP contribution in [0, 0.1) is 0 Å². The monoisotopic (exact) mass is 357 g/mol. The average molecular weight is 358 g/mol. The lowest BCUT2D eigenvalue weighted by atomic mass is 10.3. The van der Waals surface area contributed by atoms with E-state index >= 15 is 0 Å². The maximum absolute atomic E-state index is 11.8. The van der Waals surface area contributed by atoms with E-state index in [1.54, 1.807) is 24.3 Å². The lowest BCUT2D eigenvalue weighted by Gasteiger charge is -2.07. The molecule has 0 unspecified atom stereocenters. The van der Waals surface area contributed by atoms with Crippen molar-refractivity contribution in [1.82, 2.24) is 14.9 Å². The highest BCUT2D eigenvalue weighted by Gasteiger charge is 2.07. The van der Waals surface area contributed by atoms with Crippen LogP contribution in [0.1, 0.15) is 12.2 Å². The number of carbonyl (C=O) groups excluding carboxylic acids is 1. The van der Waals surface area contributed by atoms with Gasteiger partial charge in [-0.05, 0) is 42.8 Å². The van der Waals surface area contributed by atoms with Crippen molar-refractivity contribution in [2.75, 3.05) is 13.2 Å². The van der Waals surface area contributed by atoms with Crippen LogP contribution in [0.15, 0.2) is 48.5 Å². The van der Waals surface area contributed by atoms with Gasteiger partial charge in [-0.3, -0.25) is 4.79 Å². The summed E-state index contributed by atoms with van der Waals surface area (Å²) in [6, 6.07) is 15.0. The summed E-state index contributed by atoms with van der Waals surface area (Å²) in [6.45, 7) is 0.583. The maximum Gasteiger partial charge on any atom is 0.257 e. The molecular weight excluding hydrogens is 338 g/mol. The number of para-hydroxylation sites is 2. The number of benzene rings is 2.